The molecule has 2 amide bonds. The largest absolute Gasteiger partial charge is 0.457 e. The molecule has 3 N–H and O–H groups in total. The number of hydrogen-bond acceptors (Lipinski definition) is 6. The average molecular weight is 620 g/mol. The SMILES string of the molecule is C=C1CCc2c(Oc3ccc(NC(=O)Nc4cc(C(C)(C)C)nn4-c4cccc(CN(C)C)c4)c(C(F)(F)F)c3)ccnc2N1. The van der Waals surface area contributed by atoms with Gasteiger partial charge in [0, 0.05) is 35.5 Å². The zero-order chi connectivity index (χ0) is 32.5. The number of rotatable bonds is 7. The molecule has 0 bridgehead atoms. The van der Waals surface area contributed by atoms with Crippen molar-refractivity contribution in [3.8, 4) is 17.2 Å². The smallest absolute Gasteiger partial charge is 0.418 e. The molecule has 0 radical (unpaired) electrons. The average Bonchev–Trinajstić information content (AvgIpc) is 3.37. The van der Waals surface area contributed by atoms with E-state index in [-0.39, 0.29) is 11.2 Å². The lowest BCUT2D eigenvalue weighted by Crippen LogP contribution is -2.23. The van der Waals surface area contributed by atoms with Crippen LogP contribution in [-0.2, 0) is 24.6 Å². The zero-order valence-electron chi connectivity index (χ0n) is 25.8. The maximum atomic E-state index is 14.2. The summed E-state index contributed by atoms with van der Waals surface area (Å²) in [5.74, 6) is 1.24. The molecule has 0 unspecified atom stereocenters. The first-order valence-electron chi connectivity index (χ1n) is 14.4. The highest BCUT2D eigenvalue weighted by atomic mass is 19.4. The number of benzene rings is 2. The highest BCUT2D eigenvalue weighted by Gasteiger charge is 2.35. The molecular formula is C33H36F3N7O2. The van der Waals surface area contributed by atoms with Crippen LogP contribution in [0.4, 0.5) is 35.3 Å². The van der Waals surface area contributed by atoms with Crippen molar-refractivity contribution in [2.24, 2.45) is 0 Å². The number of ether oxygens (including phenoxy) is 1. The number of aromatic nitrogens is 3. The van der Waals surface area contributed by atoms with Crippen LogP contribution in [0.15, 0.2) is 73.1 Å². The number of urea groups is 1. The standard InChI is InChI=1S/C33H36F3N7O2/c1-20-10-12-24-27(14-15-37-30(24)38-20)45-23-11-13-26(25(17-23)33(34,35)36)39-31(44)40-29-18-28(32(2,3)4)41-43(29)22-9-7-8-21(16-22)19-42(5)6/h7-9,11,13-18H,1,10,12,19H2,2-6H3,(H,37,38)(H2,39,40,44). The molecule has 0 spiro atoms. The predicted octanol–water partition coefficient (Wildman–Crippen LogP) is 7.95. The van der Waals surface area contributed by atoms with Gasteiger partial charge in [-0.05, 0) is 68.9 Å². The molecule has 0 saturated heterocycles. The lowest BCUT2D eigenvalue weighted by Gasteiger charge is -2.22. The van der Waals surface area contributed by atoms with Gasteiger partial charge in [-0.3, -0.25) is 5.32 Å². The van der Waals surface area contributed by atoms with Crippen LogP contribution < -0.4 is 20.7 Å². The first-order valence-corrected chi connectivity index (χ1v) is 14.4. The molecule has 45 heavy (non-hydrogen) atoms. The molecule has 2 aromatic heterocycles. The van der Waals surface area contributed by atoms with Crippen LogP contribution in [0.2, 0.25) is 0 Å². The Balaban J connectivity index is 1.41. The predicted molar refractivity (Wildman–Crippen MR) is 169 cm³/mol. The highest BCUT2D eigenvalue weighted by molar-refractivity contribution is 6.00. The topological polar surface area (TPSA) is 96.3 Å². The normalized spacial score (nSPS) is 13.3. The molecule has 3 heterocycles. The minimum absolute atomic E-state index is 0.0309. The second-order valence-corrected chi connectivity index (χ2v) is 12.2. The summed E-state index contributed by atoms with van der Waals surface area (Å²) in [5.41, 5.74) is 2.17. The molecule has 0 atom stereocenters. The molecule has 5 rings (SSSR count). The third-order valence-corrected chi connectivity index (χ3v) is 7.13. The van der Waals surface area contributed by atoms with Gasteiger partial charge in [-0.2, -0.15) is 18.3 Å². The second-order valence-electron chi connectivity index (χ2n) is 12.2. The number of halogens is 3. The molecule has 2 aromatic carbocycles. The number of pyridine rings is 1. The van der Waals surface area contributed by atoms with E-state index in [1.54, 1.807) is 16.8 Å². The van der Waals surface area contributed by atoms with Crippen molar-refractivity contribution in [1.29, 1.82) is 0 Å². The van der Waals surface area contributed by atoms with Gasteiger partial charge in [0.15, 0.2) is 0 Å². The maximum absolute atomic E-state index is 14.2. The fourth-order valence-corrected chi connectivity index (χ4v) is 4.94. The first kappa shape index (κ1) is 31.6. The lowest BCUT2D eigenvalue weighted by atomic mass is 9.92. The van der Waals surface area contributed by atoms with Crippen LogP contribution >= 0.6 is 0 Å². The summed E-state index contributed by atoms with van der Waals surface area (Å²) in [6, 6.07) is 13.6. The number of nitrogens with zero attached hydrogens (tertiary/aromatic N) is 4. The summed E-state index contributed by atoms with van der Waals surface area (Å²) in [7, 11) is 3.93. The number of alkyl halides is 3. The number of nitrogens with one attached hydrogen (secondary N) is 3. The van der Waals surface area contributed by atoms with E-state index in [0.29, 0.717) is 48.2 Å². The van der Waals surface area contributed by atoms with Gasteiger partial charge in [-0.25, -0.2) is 14.5 Å². The molecule has 0 aliphatic carbocycles. The van der Waals surface area contributed by atoms with Crippen LogP contribution in [0.1, 0.15) is 49.6 Å². The van der Waals surface area contributed by atoms with Gasteiger partial charge in [0.2, 0.25) is 0 Å². The molecule has 9 nitrogen and oxygen atoms in total. The van der Waals surface area contributed by atoms with Crippen LogP contribution in [0.25, 0.3) is 5.69 Å². The molecule has 1 aliphatic heterocycles. The molecule has 1 aliphatic rings. The number of carbonyl (C=O) groups excluding carboxylic acids is 1. The molecule has 0 fully saturated rings. The molecule has 236 valence electrons. The summed E-state index contributed by atoms with van der Waals surface area (Å²) in [4.78, 5) is 19.5. The fourth-order valence-electron chi connectivity index (χ4n) is 4.94. The van der Waals surface area contributed by atoms with E-state index >= 15 is 0 Å². The fraction of sp³-hybridized carbons (Fsp3) is 0.303. The summed E-state index contributed by atoms with van der Waals surface area (Å²) in [6.07, 6.45) is -2.02. The van der Waals surface area contributed by atoms with Gasteiger partial charge in [0.1, 0.15) is 23.1 Å². The summed E-state index contributed by atoms with van der Waals surface area (Å²) in [6.45, 7) is 10.6. The maximum Gasteiger partial charge on any atom is 0.418 e. The molecule has 4 aromatic rings. The van der Waals surface area contributed by atoms with E-state index in [4.69, 9.17) is 9.84 Å². The number of allylic oxidation sites excluding steroid dienone is 1. The Morgan fingerprint density at radius 3 is 2.56 bits per heavy atom. The minimum atomic E-state index is -4.77. The van der Waals surface area contributed by atoms with Crippen molar-refractivity contribution in [1.82, 2.24) is 19.7 Å². The van der Waals surface area contributed by atoms with Gasteiger partial charge in [-0.1, -0.05) is 39.5 Å². The molecular weight excluding hydrogens is 583 g/mol. The van der Waals surface area contributed by atoms with E-state index in [1.165, 1.54) is 18.3 Å². The van der Waals surface area contributed by atoms with Crippen molar-refractivity contribution in [2.75, 3.05) is 30.0 Å². The summed E-state index contributed by atoms with van der Waals surface area (Å²) in [5, 5.41) is 12.9. The third-order valence-electron chi connectivity index (χ3n) is 7.13. The van der Waals surface area contributed by atoms with Crippen LogP contribution in [0.3, 0.4) is 0 Å². The van der Waals surface area contributed by atoms with Crippen LogP contribution in [-0.4, -0.2) is 39.8 Å². The Bertz CT molecular complexity index is 1740. The summed E-state index contributed by atoms with van der Waals surface area (Å²) >= 11 is 0. The third kappa shape index (κ3) is 7.46. The second kappa shape index (κ2) is 12.3. The molecule has 12 heteroatoms. The van der Waals surface area contributed by atoms with Gasteiger partial charge in [0.05, 0.1) is 22.6 Å². The van der Waals surface area contributed by atoms with Gasteiger partial charge in [-0.15, -0.1) is 0 Å². The Kier molecular flexibility index (Phi) is 8.61. The highest BCUT2D eigenvalue weighted by Crippen LogP contribution is 2.40. The van der Waals surface area contributed by atoms with Crippen LogP contribution in [0.5, 0.6) is 11.5 Å². The van der Waals surface area contributed by atoms with Gasteiger partial charge < -0.3 is 20.3 Å². The van der Waals surface area contributed by atoms with E-state index < -0.39 is 23.5 Å². The number of amides is 2. The zero-order valence-corrected chi connectivity index (χ0v) is 25.8. The minimum Gasteiger partial charge on any atom is -0.457 e. The van der Waals surface area contributed by atoms with Crippen molar-refractivity contribution >= 4 is 23.4 Å². The van der Waals surface area contributed by atoms with Crippen LogP contribution in [0, 0.1) is 0 Å². The van der Waals surface area contributed by atoms with Gasteiger partial charge in [0.25, 0.3) is 0 Å². The van der Waals surface area contributed by atoms with E-state index in [1.807, 2.05) is 64.0 Å². The lowest BCUT2D eigenvalue weighted by molar-refractivity contribution is -0.137. The number of anilines is 3. The monoisotopic (exact) mass is 619 g/mol. The Morgan fingerprint density at radius 2 is 1.84 bits per heavy atom. The van der Waals surface area contributed by atoms with E-state index in [9.17, 15) is 18.0 Å². The van der Waals surface area contributed by atoms with Crippen molar-refractivity contribution in [2.45, 2.75) is 51.7 Å². The summed E-state index contributed by atoms with van der Waals surface area (Å²) < 4.78 is 50.2. The van der Waals surface area contributed by atoms with E-state index in [2.05, 4.69) is 27.5 Å². The van der Waals surface area contributed by atoms with Gasteiger partial charge >= 0.3 is 12.2 Å². The number of carbonyl (C=O) groups is 1. The Labute approximate surface area is 260 Å². The van der Waals surface area contributed by atoms with E-state index in [0.717, 1.165) is 22.9 Å². The Morgan fingerprint density at radius 1 is 1.07 bits per heavy atom. The quantitative estimate of drug-likeness (QED) is 0.194. The Hall–Kier alpha value is -4.84. The van der Waals surface area contributed by atoms with Crippen molar-refractivity contribution < 1.29 is 22.7 Å². The number of hydrogen-bond donors (Lipinski definition) is 3. The first-order chi connectivity index (χ1) is 21.2. The number of fused-ring (bicyclic) bond motifs is 1. The molecule has 0 saturated carbocycles. The van der Waals surface area contributed by atoms with Crippen molar-refractivity contribution in [3.63, 3.8) is 0 Å². The van der Waals surface area contributed by atoms with Crippen molar-refractivity contribution in [3.05, 3.63) is 95.5 Å².